The van der Waals surface area contributed by atoms with Crippen LogP contribution in [0.5, 0.6) is 0 Å². The number of rotatable bonds is 0. The molecule has 0 bridgehead atoms. The van der Waals surface area contributed by atoms with Gasteiger partial charge in [-0.2, -0.15) is 0 Å². The van der Waals surface area contributed by atoms with Gasteiger partial charge in [-0.05, 0) is 27.2 Å². The molecule has 0 aliphatic carbocycles. The molecule has 1 fully saturated rings. The molecule has 0 spiro atoms. The maximum absolute atomic E-state index is 3.40. The highest BCUT2D eigenvalue weighted by molar-refractivity contribution is 6.84. The first kappa shape index (κ1) is 10.8. The molecule has 66 valence electrons. The average molecular weight is 231 g/mol. The van der Waals surface area contributed by atoms with Crippen LogP contribution in [0.1, 0.15) is 0 Å². The molecule has 2 N–H and O–H groups in total. The van der Waals surface area contributed by atoms with Gasteiger partial charge >= 0.3 is 0 Å². The molecule has 4 nitrogen and oxygen atoms in total. The highest BCUT2D eigenvalue weighted by Gasteiger charge is 2.33. The molecule has 0 unspecified atom stereocenters. The van der Waals surface area contributed by atoms with E-state index in [0.717, 1.165) is 19.7 Å². The molecule has 1 aliphatic heterocycles. The largest absolute Gasteiger partial charge is 0.337 e. The summed E-state index contributed by atoms with van der Waals surface area (Å²) in [6, 6.07) is 0. The van der Waals surface area contributed by atoms with Crippen LogP contribution in [0.3, 0.4) is 0 Å². The summed E-state index contributed by atoms with van der Waals surface area (Å²) in [4.78, 5) is 0. The van der Waals surface area contributed by atoms with E-state index in [-0.39, 0.29) is 0 Å². The van der Waals surface area contributed by atoms with E-state index in [1.54, 1.807) is 0 Å². The number of hydrogen-bond donors (Lipinski definition) is 2. The zero-order valence-corrected chi connectivity index (χ0v) is 11.9. The third kappa shape index (κ3) is 2.35. The van der Waals surface area contributed by atoms with Crippen LogP contribution in [0.4, 0.5) is 0 Å². The fraction of sp³-hybridized carbons (Fsp3) is 1.00. The summed E-state index contributed by atoms with van der Waals surface area (Å²) in [5.74, 6) is 0. The summed E-state index contributed by atoms with van der Waals surface area (Å²) >= 11 is 0. The second-order valence-corrected chi connectivity index (χ2v) is 12.5. The van der Waals surface area contributed by atoms with Gasteiger partial charge in [0, 0.05) is 0 Å². The molecular formula is C4H14N4Si4. The van der Waals surface area contributed by atoms with Crippen LogP contribution in [0.2, 0.25) is 13.1 Å². The van der Waals surface area contributed by atoms with E-state index in [1.165, 1.54) is 0 Å². The quantitative estimate of drug-likeness (QED) is 0.488. The lowest BCUT2D eigenvalue weighted by Gasteiger charge is -2.41. The van der Waals surface area contributed by atoms with E-state index in [1.807, 2.05) is 0 Å². The van der Waals surface area contributed by atoms with E-state index < -0.39 is 8.40 Å². The molecule has 0 aromatic heterocycles. The zero-order chi connectivity index (χ0) is 9.19. The molecule has 1 aliphatic rings. The van der Waals surface area contributed by atoms with Crippen molar-refractivity contribution in [3.05, 3.63) is 0 Å². The van der Waals surface area contributed by atoms with Gasteiger partial charge < -0.3 is 17.8 Å². The van der Waals surface area contributed by atoms with Crippen LogP contribution in [0.25, 0.3) is 0 Å². The molecule has 6 radical (unpaired) electrons. The zero-order valence-electron chi connectivity index (χ0n) is 7.89. The fourth-order valence-corrected chi connectivity index (χ4v) is 8.20. The van der Waals surface area contributed by atoms with Gasteiger partial charge in [0.15, 0.2) is 8.40 Å². The normalized spacial score (nSPS) is 28.0. The van der Waals surface area contributed by atoms with Crippen LogP contribution in [0, 0.1) is 0 Å². The Bertz CT molecular complexity index is 140. The first-order chi connectivity index (χ1) is 5.55. The molecular weight excluding hydrogens is 216 g/mol. The minimum absolute atomic E-state index is 0.702. The summed E-state index contributed by atoms with van der Waals surface area (Å²) < 4.78 is 11.8. The minimum atomic E-state index is -1.31. The average Bonchev–Trinajstić information content (AvgIpc) is 2.01. The molecule has 1 heterocycles. The van der Waals surface area contributed by atoms with Crippen molar-refractivity contribution in [1.82, 2.24) is 17.8 Å². The Balaban J connectivity index is 2.62. The van der Waals surface area contributed by atoms with Gasteiger partial charge in [-0.15, -0.1) is 0 Å². The van der Waals surface area contributed by atoms with Gasteiger partial charge in [-0.25, -0.2) is 0 Å². The molecule has 1 rings (SSSR count). The topological polar surface area (TPSA) is 30.5 Å². The molecule has 0 amide bonds. The van der Waals surface area contributed by atoms with Crippen molar-refractivity contribution in [2.45, 2.75) is 13.1 Å². The van der Waals surface area contributed by atoms with Crippen molar-refractivity contribution in [2.75, 3.05) is 14.1 Å². The number of nitrogens with zero attached hydrogens (tertiary/aromatic N) is 2. The van der Waals surface area contributed by atoms with Gasteiger partial charge in [-0.1, -0.05) is 0 Å². The molecule has 8 heteroatoms. The maximum Gasteiger partial charge on any atom is 0.234 e. The Morgan fingerprint density at radius 2 is 1.42 bits per heavy atom. The van der Waals surface area contributed by atoms with Crippen molar-refractivity contribution in [3.63, 3.8) is 0 Å². The maximum atomic E-state index is 3.40. The highest BCUT2D eigenvalue weighted by Crippen LogP contribution is 2.08. The van der Waals surface area contributed by atoms with Gasteiger partial charge in [-0.3, -0.25) is 0 Å². The monoisotopic (exact) mass is 230 g/mol. The van der Waals surface area contributed by atoms with Crippen LogP contribution in [-0.4, -0.2) is 60.5 Å². The molecule has 0 saturated carbocycles. The van der Waals surface area contributed by atoms with Crippen molar-refractivity contribution >= 4 is 37.9 Å². The second kappa shape index (κ2) is 4.28. The van der Waals surface area contributed by atoms with Crippen molar-refractivity contribution in [2.24, 2.45) is 0 Å². The van der Waals surface area contributed by atoms with Crippen molar-refractivity contribution in [1.29, 1.82) is 0 Å². The van der Waals surface area contributed by atoms with Gasteiger partial charge in [0.05, 0.1) is 0 Å². The second-order valence-electron chi connectivity index (χ2n) is 3.21. The molecule has 12 heavy (non-hydrogen) atoms. The number of hydrogen-bond acceptors (Lipinski definition) is 4. The van der Waals surface area contributed by atoms with Crippen LogP contribution < -0.4 is 9.30 Å². The smallest absolute Gasteiger partial charge is 0.234 e. The summed E-state index contributed by atoms with van der Waals surface area (Å²) in [5.41, 5.74) is 0. The lowest BCUT2D eigenvalue weighted by molar-refractivity contribution is 0.646. The summed E-state index contributed by atoms with van der Waals surface area (Å²) in [6.45, 7) is 4.76. The Morgan fingerprint density at radius 1 is 1.00 bits per heavy atom. The van der Waals surface area contributed by atoms with E-state index in [4.69, 9.17) is 0 Å². The predicted octanol–water partition coefficient (Wildman–Crippen LogP) is -1.65. The minimum Gasteiger partial charge on any atom is -0.337 e. The van der Waals surface area contributed by atoms with Crippen molar-refractivity contribution < 1.29 is 0 Å². The number of nitrogens with one attached hydrogen (secondary N) is 2. The van der Waals surface area contributed by atoms with Crippen molar-refractivity contribution in [3.8, 4) is 0 Å². The van der Waals surface area contributed by atoms with Crippen LogP contribution in [-0.2, 0) is 0 Å². The first-order valence-electron chi connectivity index (χ1n) is 3.79. The summed E-state index contributed by atoms with van der Waals surface area (Å²) in [5, 5.41) is 0. The molecule has 0 atom stereocenters. The first-order valence-corrected chi connectivity index (χ1v) is 9.58. The highest BCUT2D eigenvalue weighted by atomic mass is 28.4. The predicted molar refractivity (Wildman–Crippen MR) is 56.5 cm³/mol. The van der Waals surface area contributed by atoms with Crippen LogP contribution >= 0.6 is 0 Å². The van der Waals surface area contributed by atoms with Crippen LogP contribution in [0.15, 0.2) is 0 Å². The molecule has 1 saturated heterocycles. The molecule has 0 aromatic carbocycles. The Hall–Kier alpha value is 0.708. The van der Waals surface area contributed by atoms with Gasteiger partial charge in [0.25, 0.3) is 0 Å². The lowest BCUT2D eigenvalue weighted by atomic mass is 11.6. The summed E-state index contributed by atoms with van der Waals surface area (Å²) in [6.07, 6.45) is 0. The Kier molecular flexibility index (Phi) is 3.85. The third-order valence-electron chi connectivity index (χ3n) is 2.21. The van der Waals surface area contributed by atoms with E-state index in [9.17, 15) is 0 Å². The van der Waals surface area contributed by atoms with Gasteiger partial charge in [0.2, 0.25) is 29.5 Å². The van der Waals surface area contributed by atoms with Gasteiger partial charge in [0.1, 0.15) is 0 Å². The lowest BCUT2D eigenvalue weighted by Crippen LogP contribution is -2.68. The molecule has 0 aromatic rings. The van der Waals surface area contributed by atoms with E-state index in [2.05, 4.69) is 44.9 Å². The summed E-state index contributed by atoms with van der Waals surface area (Å²) in [7, 11) is 5.34. The Labute approximate surface area is 83.2 Å². The van der Waals surface area contributed by atoms with E-state index in [0.29, 0.717) is 9.84 Å². The standard InChI is InChI=1S/C4H14N4Si4/c1-7-10-5-9-6-11-8(2)12(7,3)4/h5-6H,1-4H3. The van der Waals surface area contributed by atoms with E-state index >= 15 is 0 Å². The fourth-order valence-electron chi connectivity index (χ4n) is 0.753. The SMILES string of the molecule is CN1[Si]N[Si]N[Si]N(C)[Si]1(C)C. The third-order valence-corrected chi connectivity index (χ3v) is 12.0. The Morgan fingerprint density at radius 3 is 1.83 bits per heavy atom.